The molecule has 0 saturated carbocycles. The van der Waals surface area contributed by atoms with Crippen molar-refractivity contribution in [3.8, 4) is 0 Å². The SMILES string of the molecule is CC(N)C(=O)O.NC(CS)C(=O)O.NC(CS)C(=O)O.NC(Cc1ccccc1)C(=O)O.NC(Cc1ccccc1)C(=O)O.NCC(=O)O. The second-order valence-corrected chi connectivity index (χ2v) is 9.98. The maximum absolute atomic E-state index is 10.4. The molecule has 0 saturated heterocycles. The number of aliphatic carboxylic acids is 6. The Kier molecular flexibility index (Phi) is 34.0. The van der Waals surface area contributed by atoms with Crippen molar-refractivity contribution in [2.75, 3.05) is 18.1 Å². The van der Waals surface area contributed by atoms with Crippen molar-refractivity contribution in [3.63, 3.8) is 0 Å². The number of nitrogens with two attached hydrogens (primary N) is 6. The standard InChI is InChI=1S/2C9H11NO2.2C3H7NO2S.C3H7NO2.C2H5NO2/c2*10-8(9(11)12)6-7-4-2-1-3-5-7;2*4-2(1-7)3(5)6;1-2(4)3(5)6;3-1-2(4)5/h2*1-5,8H,6,10H2,(H,11,12);2*2,7H,1,4H2,(H,5,6);2H,4H2,1H3,(H,5,6);1,3H2,(H,4,5). The lowest BCUT2D eigenvalue weighted by Gasteiger charge is -2.04. The van der Waals surface area contributed by atoms with Gasteiger partial charge in [-0.2, -0.15) is 25.3 Å². The topological polar surface area (TPSA) is 380 Å². The van der Waals surface area contributed by atoms with Crippen LogP contribution in [0.5, 0.6) is 0 Å². The Labute approximate surface area is 294 Å². The van der Waals surface area contributed by atoms with Gasteiger partial charge in [0.15, 0.2) is 0 Å². The first-order valence-corrected chi connectivity index (χ1v) is 15.1. The number of rotatable bonds is 12. The minimum Gasteiger partial charge on any atom is -0.480 e. The first-order valence-electron chi connectivity index (χ1n) is 13.8. The van der Waals surface area contributed by atoms with Crippen LogP contribution < -0.4 is 34.4 Å². The summed E-state index contributed by atoms with van der Waals surface area (Å²) in [5, 5.41) is 48.5. The molecule has 0 spiro atoms. The molecule has 18 nitrogen and oxygen atoms in total. The number of carboxylic acids is 6. The van der Waals surface area contributed by atoms with Crippen molar-refractivity contribution < 1.29 is 59.4 Å². The summed E-state index contributed by atoms with van der Waals surface area (Å²) in [6.07, 6.45) is 0.770. The van der Waals surface area contributed by atoms with Crippen LogP contribution in [0.25, 0.3) is 0 Å². The van der Waals surface area contributed by atoms with Crippen molar-refractivity contribution in [3.05, 3.63) is 71.8 Å². The Balaban J connectivity index is -0.000000257. The molecular weight excluding hydrogens is 688 g/mol. The molecule has 2 aromatic carbocycles. The monoisotopic (exact) mass is 736 g/mol. The molecule has 0 aromatic heterocycles. The van der Waals surface area contributed by atoms with Gasteiger partial charge in [-0.3, -0.25) is 28.8 Å². The Hall–Kier alpha value is -4.28. The van der Waals surface area contributed by atoms with Gasteiger partial charge in [0.2, 0.25) is 0 Å². The maximum atomic E-state index is 10.4. The van der Waals surface area contributed by atoms with E-state index in [9.17, 15) is 28.8 Å². The van der Waals surface area contributed by atoms with Gasteiger partial charge in [-0.15, -0.1) is 0 Å². The molecule has 0 bridgehead atoms. The summed E-state index contributed by atoms with van der Waals surface area (Å²) >= 11 is 7.30. The molecule has 18 N–H and O–H groups in total. The lowest BCUT2D eigenvalue weighted by atomic mass is 10.1. The zero-order valence-electron chi connectivity index (χ0n) is 26.7. The second-order valence-electron chi connectivity index (χ2n) is 9.25. The lowest BCUT2D eigenvalue weighted by Crippen LogP contribution is -2.32. The van der Waals surface area contributed by atoms with Crippen molar-refractivity contribution in [1.29, 1.82) is 0 Å². The zero-order chi connectivity index (χ0) is 39.1. The van der Waals surface area contributed by atoms with E-state index in [2.05, 4.69) is 31.0 Å². The highest BCUT2D eigenvalue weighted by molar-refractivity contribution is 7.80. The summed E-state index contributed by atoms with van der Waals surface area (Å²) in [7, 11) is 0. The molecular formula is C29H48N6O12S2. The van der Waals surface area contributed by atoms with Gasteiger partial charge >= 0.3 is 35.8 Å². The van der Waals surface area contributed by atoms with Gasteiger partial charge < -0.3 is 65.0 Å². The molecule has 5 atom stereocenters. The number of thiol groups is 2. The van der Waals surface area contributed by atoms with Crippen LogP contribution in [0.2, 0.25) is 0 Å². The molecule has 5 unspecified atom stereocenters. The summed E-state index contributed by atoms with van der Waals surface area (Å²) in [5.41, 5.74) is 31.9. The predicted octanol–water partition coefficient (Wildman–Crippen LogP) is -1.61. The molecule has 278 valence electrons. The number of hydrogen-bond donors (Lipinski definition) is 14. The van der Waals surface area contributed by atoms with Gasteiger partial charge in [0.25, 0.3) is 0 Å². The largest absolute Gasteiger partial charge is 0.480 e. The van der Waals surface area contributed by atoms with E-state index in [-0.39, 0.29) is 18.1 Å². The molecule has 2 rings (SSSR count). The number of carbonyl (C=O) groups is 6. The molecule has 0 fully saturated rings. The van der Waals surface area contributed by atoms with E-state index in [4.69, 9.17) is 59.3 Å². The average Bonchev–Trinajstić information content (AvgIpc) is 3.06. The zero-order valence-corrected chi connectivity index (χ0v) is 28.5. The quantitative estimate of drug-likeness (QED) is 0.109. The number of carboxylic acid groups (broad SMARTS) is 6. The Morgan fingerprint density at radius 1 is 0.531 bits per heavy atom. The molecule has 2 aromatic rings. The highest BCUT2D eigenvalue weighted by Gasteiger charge is 2.12. The Morgan fingerprint density at radius 2 is 0.755 bits per heavy atom. The molecule has 0 radical (unpaired) electrons. The van der Waals surface area contributed by atoms with Crippen LogP contribution in [0.4, 0.5) is 0 Å². The lowest BCUT2D eigenvalue weighted by molar-refractivity contribution is -0.139. The van der Waals surface area contributed by atoms with Gasteiger partial charge in [-0.05, 0) is 30.9 Å². The third kappa shape index (κ3) is 36.4. The van der Waals surface area contributed by atoms with Crippen LogP contribution >= 0.6 is 25.3 Å². The fourth-order valence-electron chi connectivity index (χ4n) is 2.07. The molecule has 20 heteroatoms. The molecule has 0 amide bonds. The van der Waals surface area contributed by atoms with Gasteiger partial charge in [0.1, 0.15) is 30.2 Å². The van der Waals surface area contributed by atoms with E-state index in [1.165, 1.54) is 6.92 Å². The Morgan fingerprint density at radius 3 is 0.878 bits per heavy atom. The summed E-state index contributed by atoms with van der Waals surface area (Å²) in [6.45, 7) is 1.14. The van der Waals surface area contributed by atoms with Gasteiger partial charge in [-0.1, -0.05) is 60.7 Å². The maximum Gasteiger partial charge on any atom is 0.321 e. The Bertz CT molecular complexity index is 1140. The van der Waals surface area contributed by atoms with Crippen LogP contribution in [0.15, 0.2) is 60.7 Å². The van der Waals surface area contributed by atoms with Crippen LogP contribution in [-0.2, 0) is 41.6 Å². The summed E-state index contributed by atoms with van der Waals surface area (Å²) in [4.78, 5) is 59.1. The van der Waals surface area contributed by atoms with E-state index in [0.29, 0.717) is 12.8 Å². The molecule has 49 heavy (non-hydrogen) atoms. The molecule has 0 heterocycles. The third-order valence-corrected chi connectivity index (χ3v) is 5.61. The van der Waals surface area contributed by atoms with Gasteiger partial charge in [-0.25, -0.2) is 0 Å². The first-order chi connectivity index (χ1) is 22.7. The predicted molar refractivity (Wildman–Crippen MR) is 188 cm³/mol. The van der Waals surface area contributed by atoms with Crippen molar-refractivity contribution in [1.82, 2.24) is 0 Å². The summed E-state index contributed by atoms with van der Waals surface area (Å²) < 4.78 is 0. The third-order valence-electron chi connectivity index (χ3n) is 4.82. The molecule has 0 aliphatic rings. The second kappa shape index (κ2) is 32.3. The fraction of sp³-hybridized carbons (Fsp3) is 0.379. The highest BCUT2D eigenvalue weighted by Crippen LogP contribution is 2.02. The minimum atomic E-state index is -1.00. The highest BCUT2D eigenvalue weighted by atomic mass is 32.1. The van der Waals surface area contributed by atoms with Crippen LogP contribution in [0.1, 0.15) is 18.1 Å². The number of benzene rings is 2. The van der Waals surface area contributed by atoms with Crippen LogP contribution in [0, 0.1) is 0 Å². The smallest absolute Gasteiger partial charge is 0.321 e. The fourth-order valence-corrected chi connectivity index (χ4v) is 2.38. The van der Waals surface area contributed by atoms with Crippen molar-refractivity contribution in [2.24, 2.45) is 34.4 Å². The van der Waals surface area contributed by atoms with E-state index < -0.39 is 66.0 Å². The van der Waals surface area contributed by atoms with E-state index in [1.54, 1.807) is 0 Å². The van der Waals surface area contributed by atoms with E-state index in [1.807, 2.05) is 60.7 Å². The minimum absolute atomic E-state index is 0.190. The number of hydrogen-bond acceptors (Lipinski definition) is 14. The molecule has 0 aliphatic heterocycles. The molecule has 0 aliphatic carbocycles. The van der Waals surface area contributed by atoms with E-state index in [0.717, 1.165) is 11.1 Å². The normalized spacial score (nSPS) is 12.3. The van der Waals surface area contributed by atoms with E-state index >= 15 is 0 Å². The summed E-state index contributed by atoms with van der Waals surface area (Å²) in [5.74, 6) is -5.48. The average molecular weight is 737 g/mol. The van der Waals surface area contributed by atoms with Crippen LogP contribution in [0.3, 0.4) is 0 Å². The van der Waals surface area contributed by atoms with Gasteiger partial charge in [0, 0.05) is 11.5 Å². The van der Waals surface area contributed by atoms with Crippen LogP contribution in [-0.4, -0.2) is 115 Å². The first kappa shape index (κ1) is 51.6. The summed E-state index contributed by atoms with van der Waals surface area (Å²) in [6, 6.07) is 14.7. The van der Waals surface area contributed by atoms with Crippen molar-refractivity contribution in [2.45, 2.75) is 50.0 Å². The van der Waals surface area contributed by atoms with Crippen molar-refractivity contribution >= 4 is 61.1 Å². The van der Waals surface area contributed by atoms with Gasteiger partial charge in [0.05, 0.1) is 6.54 Å².